The van der Waals surface area contributed by atoms with Crippen molar-refractivity contribution >= 4 is 40.8 Å². The molecule has 0 amide bonds. The third kappa shape index (κ3) is 3.51. The first-order valence-corrected chi connectivity index (χ1v) is 6.96. The zero-order valence-electron chi connectivity index (χ0n) is 9.65. The van der Waals surface area contributed by atoms with Crippen LogP contribution in [0.5, 0.6) is 0 Å². The number of thioether (sulfide) groups is 1. The molecule has 0 spiro atoms. The smallest absolute Gasteiger partial charge is 0.190 e. The molecule has 0 atom stereocenters. The van der Waals surface area contributed by atoms with E-state index in [1.165, 1.54) is 11.8 Å². The average Bonchev–Trinajstić information content (AvgIpc) is 2.26. The number of nitrogens with zero attached hydrogens (tertiary/aromatic N) is 2. The number of hydrogen-bond donors (Lipinski definition) is 1. The molecule has 1 aromatic carbocycles. The van der Waals surface area contributed by atoms with E-state index in [4.69, 9.17) is 28.9 Å². The summed E-state index contributed by atoms with van der Waals surface area (Å²) < 4.78 is 0. The molecule has 1 aromatic heterocycles. The van der Waals surface area contributed by atoms with Gasteiger partial charge in [0.2, 0.25) is 0 Å². The molecule has 1 heterocycles. The van der Waals surface area contributed by atoms with E-state index in [1.54, 1.807) is 12.1 Å². The van der Waals surface area contributed by atoms with Gasteiger partial charge in [-0.15, -0.1) is 0 Å². The van der Waals surface area contributed by atoms with Gasteiger partial charge in [-0.1, -0.05) is 41.0 Å². The number of aryl methyl sites for hydroxylation is 1. The van der Waals surface area contributed by atoms with Crippen molar-refractivity contribution in [3.63, 3.8) is 0 Å². The molecule has 0 saturated carbocycles. The summed E-state index contributed by atoms with van der Waals surface area (Å²) in [6.07, 6.45) is 0. The molecule has 0 bridgehead atoms. The molecular formula is C12H11Cl2N3S. The summed E-state index contributed by atoms with van der Waals surface area (Å²) in [7, 11) is 0. The molecule has 0 unspecified atom stereocenters. The van der Waals surface area contributed by atoms with Crippen LogP contribution in [0.4, 0.5) is 5.82 Å². The normalized spacial score (nSPS) is 10.6. The van der Waals surface area contributed by atoms with Gasteiger partial charge in [-0.2, -0.15) is 0 Å². The van der Waals surface area contributed by atoms with E-state index in [-0.39, 0.29) is 0 Å². The van der Waals surface area contributed by atoms with Crippen molar-refractivity contribution in [2.45, 2.75) is 17.8 Å². The van der Waals surface area contributed by atoms with Gasteiger partial charge in [-0.25, -0.2) is 9.97 Å². The molecule has 6 heteroatoms. The van der Waals surface area contributed by atoms with Crippen molar-refractivity contribution < 1.29 is 0 Å². The SMILES string of the molecule is Cc1cc(N)nc(SCc2ccc(Cl)cc2Cl)n1. The number of halogens is 2. The van der Waals surface area contributed by atoms with Crippen molar-refractivity contribution in [1.29, 1.82) is 0 Å². The Morgan fingerprint density at radius 1 is 1.22 bits per heavy atom. The van der Waals surface area contributed by atoms with E-state index in [0.29, 0.717) is 26.8 Å². The monoisotopic (exact) mass is 299 g/mol. The van der Waals surface area contributed by atoms with Crippen molar-refractivity contribution in [2.75, 3.05) is 5.73 Å². The van der Waals surface area contributed by atoms with Gasteiger partial charge in [-0.05, 0) is 24.6 Å². The fourth-order valence-corrected chi connectivity index (χ4v) is 2.88. The highest BCUT2D eigenvalue weighted by molar-refractivity contribution is 7.98. The lowest BCUT2D eigenvalue weighted by Crippen LogP contribution is -1.96. The molecule has 0 radical (unpaired) electrons. The summed E-state index contributed by atoms with van der Waals surface area (Å²) in [5.74, 6) is 1.16. The molecule has 2 N–H and O–H groups in total. The van der Waals surface area contributed by atoms with Crippen LogP contribution < -0.4 is 5.73 Å². The first-order valence-electron chi connectivity index (χ1n) is 5.22. The van der Waals surface area contributed by atoms with E-state index >= 15 is 0 Å². The minimum atomic E-state index is 0.479. The Bertz CT molecular complexity index is 555. The van der Waals surface area contributed by atoms with Crippen LogP contribution in [0.3, 0.4) is 0 Å². The first kappa shape index (κ1) is 13.5. The van der Waals surface area contributed by atoms with E-state index in [9.17, 15) is 0 Å². The molecule has 2 aromatic rings. The molecule has 0 aliphatic heterocycles. The lowest BCUT2D eigenvalue weighted by Gasteiger charge is -2.05. The van der Waals surface area contributed by atoms with Crippen molar-refractivity contribution in [2.24, 2.45) is 0 Å². The number of nitrogen functional groups attached to an aromatic ring is 1. The summed E-state index contributed by atoms with van der Waals surface area (Å²) in [6, 6.07) is 7.18. The van der Waals surface area contributed by atoms with Crippen LogP contribution in [0, 0.1) is 6.92 Å². The zero-order valence-corrected chi connectivity index (χ0v) is 12.0. The number of rotatable bonds is 3. The van der Waals surface area contributed by atoms with Crippen LogP contribution in [0.2, 0.25) is 10.0 Å². The van der Waals surface area contributed by atoms with Gasteiger partial charge in [0.05, 0.1) is 0 Å². The second-order valence-electron chi connectivity index (χ2n) is 3.74. The zero-order chi connectivity index (χ0) is 13.1. The van der Waals surface area contributed by atoms with Gasteiger partial charge in [-0.3, -0.25) is 0 Å². The largest absolute Gasteiger partial charge is 0.384 e. The molecule has 94 valence electrons. The van der Waals surface area contributed by atoms with Gasteiger partial charge in [0, 0.05) is 27.6 Å². The minimum Gasteiger partial charge on any atom is -0.384 e. The topological polar surface area (TPSA) is 51.8 Å². The second-order valence-corrected chi connectivity index (χ2v) is 5.53. The molecule has 0 aliphatic rings. The lowest BCUT2D eigenvalue weighted by atomic mass is 10.2. The van der Waals surface area contributed by atoms with E-state index in [1.807, 2.05) is 19.1 Å². The van der Waals surface area contributed by atoms with Crippen molar-refractivity contribution in [3.05, 3.63) is 45.6 Å². The molecule has 2 rings (SSSR count). The molecule has 0 saturated heterocycles. The average molecular weight is 300 g/mol. The summed E-state index contributed by atoms with van der Waals surface area (Å²) in [5.41, 5.74) is 7.52. The fourth-order valence-electron chi connectivity index (χ4n) is 1.41. The third-order valence-electron chi connectivity index (χ3n) is 2.23. The number of anilines is 1. The first-order chi connectivity index (χ1) is 8.54. The standard InChI is InChI=1S/C12H11Cl2N3S/c1-7-4-11(15)17-12(16-7)18-6-8-2-3-9(13)5-10(8)14/h2-5H,6H2,1H3,(H2,15,16,17). The Morgan fingerprint density at radius 3 is 2.67 bits per heavy atom. The van der Waals surface area contributed by atoms with Gasteiger partial charge < -0.3 is 5.73 Å². The molecule has 0 fully saturated rings. The highest BCUT2D eigenvalue weighted by Crippen LogP contribution is 2.27. The summed E-state index contributed by atoms with van der Waals surface area (Å²) in [5, 5.41) is 1.93. The summed E-state index contributed by atoms with van der Waals surface area (Å²) >= 11 is 13.4. The van der Waals surface area contributed by atoms with Crippen LogP contribution in [-0.2, 0) is 5.75 Å². The number of hydrogen-bond acceptors (Lipinski definition) is 4. The quantitative estimate of drug-likeness (QED) is 0.688. The molecule has 18 heavy (non-hydrogen) atoms. The minimum absolute atomic E-state index is 0.479. The van der Waals surface area contributed by atoms with E-state index in [2.05, 4.69) is 9.97 Å². The van der Waals surface area contributed by atoms with Crippen LogP contribution in [-0.4, -0.2) is 9.97 Å². The molecular weight excluding hydrogens is 289 g/mol. The van der Waals surface area contributed by atoms with Crippen molar-refractivity contribution in [1.82, 2.24) is 9.97 Å². The second kappa shape index (κ2) is 5.78. The Balaban J connectivity index is 2.11. The predicted molar refractivity (Wildman–Crippen MR) is 77.2 cm³/mol. The van der Waals surface area contributed by atoms with Gasteiger partial charge in [0.15, 0.2) is 5.16 Å². The molecule has 0 aliphatic carbocycles. The predicted octanol–water partition coefficient (Wildman–Crippen LogP) is 3.97. The highest BCUT2D eigenvalue weighted by Gasteiger charge is 2.05. The Kier molecular flexibility index (Phi) is 4.32. The number of nitrogens with two attached hydrogens (primary N) is 1. The number of benzene rings is 1. The van der Waals surface area contributed by atoms with Crippen LogP contribution in [0.1, 0.15) is 11.3 Å². The van der Waals surface area contributed by atoms with Gasteiger partial charge in [0.25, 0.3) is 0 Å². The van der Waals surface area contributed by atoms with Crippen molar-refractivity contribution in [3.8, 4) is 0 Å². The fraction of sp³-hybridized carbons (Fsp3) is 0.167. The van der Waals surface area contributed by atoms with Crippen LogP contribution >= 0.6 is 35.0 Å². The van der Waals surface area contributed by atoms with E-state index < -0.39 is 0 Å². The maximum Gasteiger partial charge on any atom is 0.190 e. The highest BCUT2D eigenvalue weighted by atomic mass is 35.5. The third-order valence-corrected chi connectivity index (χ3v) is 3.71. The van der Waals surface area contributed by atoms with Gasteiger partial charge >= 0.3 is 0 Å². The Hall–Kier alpha value is -0.970. The van der Waals surface area contributed by atoms with E-state index in [0.717, 1.165) is 11.3 Å². The Morgan fingerprint density at radius 2 is 2.00 bits per heavy atom. The van der Waals surface area contributed by atoms with Crippen LogP contribution in [0.15, 0.2) is 29.4 Å². The maximum atomic E-state index is 6.10. The summed E-state index contributed by atoms with van der Waals surface area (Å²) in [6.45, 7) is 1.89. The maximum absolute atomic E-state index is 6.10. The molecule has 3 nitrogen and oxygen atoms in total. The lowest BCUT2D eigenvalue weighted by molar-refractivity contribution is 0.940. The summed E-state index contributed by atoms with van der Waals surface area (Å²) in [4.78, 5) is 8.46. The Labute approximate surface area is 120 Å². The van der Waals surface area contributed by atoms with Gasteiger partial charge in [0.1, 0.15) is 5.82 Å². The number of aromatic nitrogens is 2. The van der Waals surface area contributed by atoms with Crippen LogP contribution in [0.25, 0.3) is 0 Å².